The number of methoxy groups -OCH3 is 1. The number of rotatable bonds is 5. The van der Waals surface area contributed by atoms with E-state index in [9.17, 15) is 14.0 Å². The molecule has 0 unspecified atom stereocenters. The highest BCUT2D eigenvalue weighted by molar-refractivity contribution is 5.80. The summed E-state index contributed by atoms with van der Waals surface area (Å²) in [5.74, 6) is -0.592. The van der Waals surface area contributed by atoms with E-state index in [0.29, 0.717) is 23.3 Å². The normalized spacial score (nSPS) is 32.2. The van der Waals surface area contributed by atoms with E-state index in [4.69, 9.17) is 9.47 Å². The number of halogens is 1. The molecule has 1 aromatic rings. The molecule has 29 heavy (non-hydrogen) atoms. The standard InChI is InChI=1S/C23H32FNO4/c1-13(2)15-10-9-14(3)11-20(15)29-22(26)17-12-19(23(27)28-4)25-21(17)16-7-5-6-8-18(16)24/h5-8,13-15,17,19-21,25H,9-12H2,1-4H3/t14-,15+,17+,19+,20-,21+/m1/s1. The Hall–Kier alpha value is -1.95. The van der Waals surface area contributed by atoms with Gasteiger partial charge >= 0.3 is 11.9 Å². The molecule has 2 fully saturated rings. The second-order valence-corrected chi connectivity index (χ2v) is 8.89. The first-order chi connectivity index (χ1) is 13.8. The van der Waals surface area contributed by atoms with Gasteiger partial charge in [0.1, 0.15) is 18.0 Å². The molecular formula is C23H32FNO4. The molecule has 160 valence electrons. The van der Waals surface area contributed by atoms with Gasteiger partial charge in [0, 0.05) is 11.6 Å². The molecule has 2 aliphatic rings. The van der Waals surface area contributed by atoms with Gasteiger partial charge < -0.3 is 9.47 Å². The van der Waals surface area contributed by atoms with Crippen LogP contribution in [0.1, 0.15) is 58.1 Å². The first-order valence-electron chi connectivity index (χ1n) is 10.6. The fourth-order valence-corrected chi connectivity index (χ4v) is 4.85. The lowest BCUT2D eigenvalue weighted by Crippen LogP contribution is -2.38. The number of hydrogen-bond donors (Lipinski definition) is 1. The minimum Gasteiger partial charge on any atom is -0.468 e. The van der Waals surface area contributed by atoms with Crippen molar-refractivity contribution in [1.82, 2.24) is 5.32 Å². The van der Waals surface area contributed by atoms with Crippen LogP contribution in [0, 0.1) is 29.5 Å². The van der Waals surface area contributed by atoms with Crippen LogP contribution in [0.4, 0.5) is 4.39 Å². The van der Waals surface area contributed by atoms with Crippen molar-refractivity contribution in [1.29, 1.82) is 0 Å². The number of hydrogen-bond acceptors (Lipinski definition) is 5. The van der Waals surface area contributed by atoms with Gasteiger partial charge in [-0.1, -0.05) is 45.4 Å². The van der Waals surface area contributed by atoms with E-state index in [1.165, 1.54) is 13.2 Å². The number of nitrogens with one attached hydrogen (secondary N) is 1. The summed E-state index contributed by atoms with van der Waals surface area (Å²) < 4.78 is 25.3. The summed E-state index contributed by atoms with van der Waals surface area (Å²) in [5, 5.41) is 3.09. The average Bonchev–Trinajstić information content (AvgIpc) is 3.13. The first-order valence-corrected chi connectivity index (χ1v) is 10.6. The third-order valence-electron chi connectivity index (χ3n) is 6.53. The van der Waals surface area contributed by atoms with Gasteiger partial charge in [-0.15, -0.1) is 0 Å². The van der Waals surface area contributed by atoms with Crippen molar-refractivity contribution in [2.24, 2.45) is 23.7 Å². The van der Waals surface area contributed by atoms with Crippen LogP contribution in [-0.2, 0) is 19.1 Å². The van der Waals surface area contributed by atoms with Crippen LogP contribution >= 0.6 is 0 Å². The van der Waals surface area contributed by atoms with Gasteiger partial charge in [-0.25, -0.2) is 4.39 Å². The zero-order valence-corrected chi connectivity index (χ0v) is 17.7. The Morgan fingerprint density at radius 1 is 1.14 bits per heavy atom. The molecule has 3 rings (SSSR count). The van der Waals surface area contributed by atoms with Gasteiger partial charge in [0.05, 0.1) is 13.0 Å². The van der Waals surface area contributed by atoms with Crippen molar-refractivity contribution in [3.63, 3.8) is 0 Å². The Balaban J connectivity index is 1.82. The lowest BCUT2D eigenvalue weighted by atomic mass is 9.75. The van der Waals surface area contributed by atoms with E-state index >= 15 is 0 Å². The van der Waals surface area contributed by atoms with Crippen LogP contribution in [0.3, 0.4) is 0 Å². The summed E-state index contributed by atoms with van der Waals surface area (Å²) in [5.41, 5.74) is 0.373. The molecule has 0 spiro atoms. The van der Waals surface area contributed by atoms with Crippen LogP contribution in [0.15, 0.2) is 24.3 Å². The Morgan fingerprint density at radius 3 is 2.52 bits per heavy atom. The van der Waals surface area contributed by atoms with E-state index in [-0.39, 0.29) is 18.5 Å². The molecule has 6 heteroatoms. The molecule has 0 radical (unpaired) electrons. The molecule has 1 heterocycles. The second kappa shape index (κ2) is 9.24. The number of carbonyl (C=O) groups is 2. The quantitative estimate of drug-likeness (QED) is 0.750. The zero-order valence-electron chi connectivity index (χ0n) is 17.7. The molecule has 0 bridgehead atoms. The molecular weight excluding hydrogens is 373 g/mol. The number of ether oxygens (including phenoxy) is 2. The minimum atomic E-state index is -0.659. The summed E-state index contributed by atoms with van der Waals surface area (Å²) in [4.78, 5) is 25.3. The maximum absolute atomic E-state index is 14.5. The van der Waals surface area contributed by atoms with Crippen molar-refractivity contribution in [2.45, 2.75) is 64.6 Å². The van der Waals surface area contributed by atoms with Crippen LogP contribution in [0.2, 0.25) is 0 Å². The molecule has 1 aliphatic heterocycles. The third-order valence-corrected chi connectivity index (χ3v) is 6.53. The van der Waals surface area contributed by atoms with E-state index in [1.54, 1.807) is 18.2 Å². The van der Waals surface area contributed by atoms with Crippen molar-refractivity contribution in [3.05, 3.63) is 35.6 Å². The third kappa shape index (κ3) is 4.80. The number of esters is 2. The monoisotopic (exact) mass is 405 g/mol. The van der Waals surface area contributed by atoms with Crippen molar-refractivity contribution >= 4 is 11.9 Å². The smallest absolute Gasteiger partial charge is 0.322 e. The topological polar surface area (TPSA) is 64.6 Å². The first kappa shape index (κ1) is 21.8. The predicted octanol–water partition coefficient (Wildman–Crippen LogP) is 4.02. The van der Waals surface area contributed by atoms with Gasteiger partial charge in [0.15, 0.2) is 0 Å². The molecule has 0 aromatic heterocycles. The van der Waals surface area contributed by atoms with E-state index in [0.717, 1.165) is 19.3 Å². The largest absolute Gasteiger partial charge is 0.468 e. The highest BCUT2D eigenvalue weighted by Crippen LogP contribution is 2.39. The Labute approximate surface area is 172 Å². The van der Waals surface area contributed by atoms with Crippen LogP contribution in [-0.4, -0.2) is 31.2 Å². The fourth-order valence-electron chi connectivity index (χ4n) is 4.85. The van der Waals surface area contributed by atoms with E-state index < -0.39 is 29.8 Å². The van der Waals surface area contributed by atoms with Gasteiger partial charge in [-0.2, -0.15) is 0 Å². The maximum Gasteiger partial charge on any atom is 0.322 e. The summed E-state index contributed by atoms with van der Waals surface area (Å²) in [7, 11) is 1.31. The Morgan fingerprint density at radius 2 is 1.86 bits per heavy atom. The average molecular weight is 406 g/mol. The molecule has 6 atom stereocenters. The van der Waals surface area contributed by atoms with Crippen molar-refractivity contribution in [2.75, 3.05) is 7.11 Å². The van der Waals surface area contributed by atoms with E-state index in [1.807, 2.05) is 0 Å². The van der Waals surface area contributed by atoms with Crippen LogP contribution in [0.25, 0.3) is 0 Å². The summed E-state index contributed by atoms with van der Waals surface area (Å²) in [6.45, 7) is 6.51. The summed E-state index contributed by atoms with van der Waals surface area (Å²) in [6, 6.07) is 5.07. The van der Waals surface area contributed by atoms with Crippen molar-refractivity contribution < 1.29 is 23.5 Å². The highest BCUT2D eigenvalue weighted by Gasteiger charge is 2.45. The van der Waals surface area contributed by atoms with Crippen molar-refractivity contribution in [3.8, 4) is 0 Å². The van der Waals surface area contributed by atoms with Gasteiger partial charge in [-0.3, -0.25) is 14.9 Å². The van der Waals surface area contributed by atoms with E-state index in [2.05, 4.69) is 26.1 Å². The highest BCUT2D eigenvalue weighted by atomic mass is 19.1. The van der Waals surface area contributed by atoms with Gasteiger partial charge in [-0.05, 0) is 43.1 Å². The molecule has 5 nitrogen and oxygen atoms in total. The zero-order chi connectivity index (χ0) is 21.1. The summed E-state index contributed by atoms with van der Waals surface area (Å²) in [6.07, 6.45) is 3.13. The van der Waals surface area contributed by atoms with Crippen LogP contribution < -0.4 is 5.32 Å². The molecule has 0 amide bonds. The molecule has 1 saturated heterocycles. The lowest BCUT2D eigenvalue weighted by Gasteiger charge is -2.37. The maximum atomic E-state index is 14.5. The minimum absolute atomic E-state index is 0.135. The van der Waals surface area contributed by atoms with Gasteiger partial charge in [0.25, 0.3) is 0 Å². The summed E-state index contributed by atoms with van der Waals surface area (Å²) >= 11 is 0. The van der Waals surface area contributed by atoms with Gasteiger partial charge in [0.2, 0.25) is 0 Å². The number of benzene rings is 1. The number of carbonyl (C=O) groups excluding carboxylic acids is 2. The molecule has 1 aromatic carbocycles. The molecule has 1 saturated carbocycles. The molecule has 1 N–H and O–H groups in total. The van der Waals surface area contributed by atoms with Crippen LogP contribution in [0.5, 0.6) is 0 Å². The Kier molecular flexibility index (Phi) is 6.93. The second-order valence-electron chi connectivity index (χ2n) is 8.89. The Bertz CT molecular complexity index is 737. The predicted molar refractivity (Wildman–Crippen MR) is 107 cm³/mol. The fraction of sp³-hybridized carbons (Fsp3) is 0.652. The SMILES string of the molecule is COC(=O)[C@@H]1C[C@H](C(=O)O[C@@H]2C[C@H](C)CC[C@H]2C(C)C)[C@H](c2ccccc2F)N1. The lowest BCUT2D eigenvalue weighted by molar-refractivity contribution is -0.161. The molecule has 1 aliphatic carbocycles.